The number of aliphatic hydroxyl groups excluding tert-OH is 1. The van der Waals surface area contributed by atoms with Crippen LogP contribution in [0.25, 0.3) is 0 Å². The highest BCUT2D eigenvalue weighted by Gasteiger charge is 2.11. The van der Waals surface area contributed by atoms with Crippen LogP contribution in [0.15, 0.2) is 47.5 Å². The van der Waals surface area contributed by atoms with Crippen molar-refractivity contribution < 1.29 is 28.1 Å². The molecule has 2 rings (SSSR count). The van der Waals surface area contributed by atoms with E-state index >= 15 is 0 Å². The lowest BCUT2D eigenvalue weighted by Crippen LogP contribution is -2.39. The third kappa shape index (κ3) is 9.03. The Bertz CT molecular complexity index is 838. The Morgan fingerprint density at radius 2 is 1.78 bits per heavy atom. The molecule has 7 nitrogen and oxygen atoms in total. The van der Waals surface area contributed by atoms with Crippen LogP contribution in [-0.4, -0.2) is 44.5 Å². The summed E-state index contributed by atoms with van der Waals surface area (Å²) < 4.78 is 39.7. The fraction of sp³-hybridized carbons (Fsp3) is 0.409. The van der Waals surface area contributed by atoms with Crippen molar-refractivity contribution in [3.63, 3.8) is 0 Å². The molecule has 3 N–H and O–H groups in total. The molecule has 0 aromatic heterocycles. The fourth-order valence-electron chi connectivity index (χ4n) is 2.78. The molecule has 0 bridgehead atoms. The maximum absolute atomic E-state index is 12.2. The van der Waals surface area contributed by atoms with Gasteiger partial charge in [-0.15, -0.1) is 24.0 Å². The summed E-state index contributed by atoms with van der Waals surface area (Å²) in [5.74, 6) is 1.89. The summed E-state index contributed by atoms with van der Waals surface area (Å²) in [6, 6.07) is 11.5. The van der Waals surface area contributed by atoms with Gasteiger partial charge in [0.1, 0.15) is 5.75 Å². The second-order valence-electron chi connectivity index (χ2n) is 6.46. The van der Waals surface area contributed by atoms with Crippen molar-refractivity contribution in [1.29, 1.82) is 0 Å². The average Bonchev–Trinajstić information content (AvgIpc) is 2.76. The number of halogens is 3. The van der Waals surface area contributed by atoms with Crippen LogP contribution in [0.5, 0.6) is 17.2 Å². The second-order valence-corrected chi connectivity index (χ2v) is 6.46. The number of guanidine groups is 1. The van der Waals surface area contributed by atoms with Crippen LogP contribution in [0.3, 0.4) is 0 Å². The first kappa shape index (κ1) is 27.7. The zero-order valence-corrected chi connectivity index (χ0v) is 20.6. The molecule has 32 heavy (non-hydrogen) atoms. The SMILES string of the molecule is CCNC(=NCc1ccc(OC)c(OCC)c1)NCC(O)c1ccc(OC(F)F)cc1.I. The van der Waals surface area contributed by atoms with E-state index < -0.39 is 12.7 Å². The summed E-state index contributed by atoms with van der Waals surface area (Å²) in [7, 11) is 1.59. The number of nitrogens with one attached hydrogen (secondary N) is 2. The lowest BCUT2D eigenvalue weighted by molar-refractivity contribution is -0.0498. The van der Waals surface area contributed by atoms with Gasteiger partial charge in [-0.3, -0.25) is 0 Å². The lowest BCUT2D eigenvalue weighted by Gasteiger charge is -2.16. The molecule has 0 aliphatic heterocycles. The first-order valence-corrected chi connectivity index (χ1v) is 10.0. The van der Waals surface area contributed by atoms with E-state index in [1.807, 2.05) is 32.0 Å². The van der Waals surface area contributed by atoms with Gasteiger partial charge in [0.15, 0.2) is 17.5 Å². The number of ether oxygens (including phenoxy) is 3. The zero-order chi connectivity index (χ0) is 22.6. The van der Waals surface area contributed by atoms with E-state index in [9.17, 15) is 13.9 Å². The van der Waals surface area contributed by atoms with Gasteiger partial charge in [0.05, 0.1) is 26.4 Å². The smallest absolute Gasteiger partial charge is 0.387 e. The number of benzene rings is 2. The third-order valence-corrected chi connectivity index (χ3v) is 4.24. The Hall–Kier alpha value is -2.34. The predicted octanol–water partition coefficient (Wildman–Crippen LogP) is 4.10. The summed E-state index contributed by atoms with van der Waals surface area (Å²) in [6.07, 6.45) is -0.852. The highest BCUT2D eigenvalue weighted by atomic mass is 127. The maximum Gasteiger partial charge on any atom is 0.387 e. The largest absolute Gasteiger partial charge is 0.493 e. The number of methoxy groups -OCH3 is 1. The van der Waals surface area contributed by atoms with Gasteiger partial charge in [-0.05, 0) is 49.2 Å². The second kappa shape index (κ2) is 14.7. The molecule has 0 amide bonds. The molecule has 1 unspecified atom stereocenters. The van der Waals surface area contributed by atoms with E-state index in [1.54, 1.807) is 19.2 Å². The first-order chi connectivity index (χ1) is 15.0. The minimum absolute atomic E-state index is 0. The summed E-state index contributed by atoms with van der Waals surface area (Å²) in [6.45, 7) is 2.72. The number of aliphatic hydroxyl groups is 1. The quantitative estimate of drug-likeness (QED) is 0.216. The summed E-state index contributed by atoms with van der Waals surface area (Å²) in [5, 5.41) is 16.6. The molecule has 0 aliphatic carbocycles. The van der Waals surface area contributed by atoms with Crippen molar-refractivity contribution in [3.05, 3.63) is 53.6 Å². The van der Waals surface area contributed by atoms with Gasteiger partial charge in [0.25, 0.3) is 0 Å². The van der Waals surface area contributed by atoms with E-state index in [-0.39, 0.29) is 36.3 Å². The third-order valence-electron chi connectivity index (χ3n) is 4.24. The first-order valence-electron chi connectivity index (χ1n) is 10.0. The van der Waals surface area contributed by atoms with Crippen LogP contribution in [0, 0.1) is 0 Å². The van der Waals surface area contributed by atoms with Gasteiger partial charge < -0.3 is 30.0 Å². The molecule has 178 valence electrons. The van der Waals surface area contributed by atoms with Crippen molar-refractivity contribution in [2.45, 2.75) is 33.1 Å². The number of hydrogen-bond acceptors (Lipinski definition) is 5. The molecule has 0 saturated heterocycles. The molecule has 2 aromatic carbocycles. The number of rotatable bonds is 11. The van der Waals surface area contributed by atoms with Crippen molar-refractivity contribution in [3.8, 4) is 17.2 Å². The molecule has 1 atom stereocenters. The van der Waals surface area contributed by atoms with Crippen LogP contribution >= 0.6 is 24.0 Å². The van der Waals surface area contributed by atoms with Crippen molar-refractivity contribution in [2.75, 3.05) is 26.8 Å². The zero-order valence-electron chi connectivity index (χ0n) is 18.3. The van der Waals surface area contributed by atoms with Crippen molar-refractivity contribution in [2.24, 2.45) is 4.99 Å². The van der Waals surface area contributed by atoms with Crippen LogP contribution in [0.2, 0.25) is 0 Å². The van der Waals surface area contributed by atoms with Crippen LogP contribution in [0.4, 0.5) is 8.78 Å². The van der Waals surface area contributed by atoms with Gasteiger partial charge in [-0.2, -0.15) is 8.78 Å². The molecular formula is C22H30F2IN3O4. The topological polar surface area (TPSA) is 84.3 Å². The summed E-state index contributed by atoms with van der Waals surface area (Å²) in [5.41, 5.74) is 1.51. The fourth-order valence-corrected chi connectivity index (χ4v) is 2.78. The van der Waals surface area contributed by atoms with Gasteiger partial charge in [0, 0.05) is 13.1 Å². The Morgan fingerprint density at radius 1 is 1.06 bits per heavy atom. The highest BCUT2D eigenvalue weighted by Crippen LogP contribution is 2.28. The molecule has 0 heterocycles. The van der Waals surface area contributed by atoms with E-state index in [4.69, 9.17) is 9.47 Å². The lowest BCUT2D eigenvalue weighted by atomic mass is 10.1. The molecular weight excluding hydrogens is 535 g/mol. The Kier molecular flexibility index (Phi) is 12.7. The highest BCUT2D eigenvalue weighted by molar-refractivity contribution is 14.0. The van der Waals surface area contributed by atoms with Gasteiger partial charge >= 0.3 is 6.61 Å². The number of aliphatic imine (C=N–C) groups is 1. The molecule has 2 aromatic rings. The number of hydrogen-bond donors (Lipinski definition) is 3. The molecule has 0 fully saturated rings. The Labute approximate surface area is 204 Å². The van der Waals surface area contributed by atoms with Crippen LogP contribution in [0.1, 0.15) is 31.1 Å². The number of nitrogens with zero attached hydrogens (tertiary/aromatic N) is 1. The van der Waals surface area contributed by atoms with Crippen LogP contribution in [-0.2, 0) is 6.54 Å². The molecule has 0 radical (unpaired) electrons. The van der Waals surface area contributed by atoms with Gasteiger partial charge in [0.2, 0.25) is 0 Å². The molecule has 10 heteroatoms. The Morgan fingerprint density at radius 3 is 2.38 bits per heavy atom. The standard InChI is InChI=1S/C22H29F2N3O4.HI/c1-4-25-22(26-13-15-6-11-19(29-3)20(12-15)30-5-2)27-14-18(28)16-7-9-17(10-8-16)31-21(23)24;/h6-12,18,21,28H,4-5,13-14H2,1-3H3,(H2,25,26,27);1H. The van der Waals surface area contributed by atoms with E-state index in [1.165, 1.54) is 12.1 Å². The summed E-state index contributed by atoms with van der Waals surface area (Å²) >= 11 is 0. The van der Waals surface area contributed by atoms with Crippen LogP contribution < -0.4 is 24.8 Å². The summed E-state index contributed by atoms with van der Waals surface area (Å²) in [4.78, 5) is 4.54. The average molecular weight is 565 g/mol. The predicted molar refractivity (Wildman–Crippen MR) is 130 cm³/mol. The van der Waals surface area contributed by atoms with Crippen molar-refractivity contribution in [1.82, 2.24) is 10.6 Å². The molecule has 0 saturated carbocycles. The normalized spacial score (nSPS) is 12.0. The minimum atomic E-state index is -2.88. The molecule has 0 spiro atoms. The maximum atomic E-state index is 12.2. The van der Waals surface area contributed by atoms with E-state index in [2.05, 4.69) is 20.4 Å². The monoisotopic (exact) mass is 565 g/mol. The van der Waals surface area contributed by atoms with Gasteiger partial charge in [-0.1, -0.05) is 18.2 Å². The minimum Gasteiger partial charge on any atom is -0.493 e. The number of alkyl halides is 2. The molecule has 0 aliphatic rings. The van der Waals surface area contributed by atoms with E-state index in [0.29, 0.717) is 42.7 Å². The Balaban J connectivity index is 0.00000512. The van der Waals surface area contributed by atoms with Crippen molar-refractivity contribution >= 4 is 29.9 Å². The van der Waals surface area contributed by atoms with Gasteiger partial charge in [-0.25, -0.2) is 4.99 Å². The van der Waals surface area contributed by atoms with E-state index in [0.717, 1.165) is 5.56 Å².